The number of alkyl halides is 3. The maximum absolute atomic E-state index is 12.5. The Morgan fingerprint density at radius 1 is 1.17 bits per heavy atom. The van der Waals surface area contributed by atoms with Crippen LogP contribution in [0.4, 0.5) is 19.0 Å². The van der Waals surface area contributed by atoms with Gasteiger partial charge in [-0.25, -0.2) is 9.97 Å². The molecule has 0 unspecified atom stereocenters. The highest BCUT2D eigenvalue weighted by Gasteiger charge is 2.35. The van der Waals surface area contributed by atoms with Gasteiger partial charge in [0.25, 0.3) is 0 Å². The average Bonchev–Trinajstić information content (AvgIpc) is 2.23. The third kappa shape index (κ3) is 4.30. The highest BCUT2D eigenvalue weighted by Crippen LogP contribution is 2.28. The van der Waals surface area contributed by atoms with Crippen molar-refractivity contribution < 1.29 is 13.2 Å². The van der Waals surface area contributed by atoms with Crippen LogP contribution in [0.15, 0.2) is 6.07 Å². The molecule has 102 valence electrons. The molecule has 0 amide bonds. The summed E-state index contributed by atoms with van der Waals surface area (Å²) in [5, 5.41) is -0.218. The van der Waals surface area contributed by atoms with E-state index in [0.29, 0.717) is 13.1 Å². The monoisotopic (exact) mass is 282 g/mol. The Morgan fingerprint density at radius 3 is 2.28 bits per heavy atom. The topological polar surface area (TPSA) is 32.3 Å². The molecule has 0 aliphatic rings. The van der Waals surface area contributed by atoms with Crippen LogP contribution < -0.4 is 4.90 Å². The lowest BCUT2D eigenvalue weighted by Crippen LogP contribution is -2.29. The number of hydrogen-bond acceptors (Lipinski definition) is 4. The summed E-state index contributed by atoms with van der Waals surface area (Å²) in [6.07, 6.45) is -4.60. The third-order valence-electron chi connectivity index (χ3n) is 2.21. The molecule has 1 rings (SSSR count). The third-order valence-corrected chi connectivity index (χ3v) is 2.40. The molecular weight excluding hydrogens is 269 g/mol. The minimum absolute atomic E-state index is 0.157. The van der Waals surface area contributed by atoms with Gasteiger partial charge in [0.05, 0.1) is 0 Å². The van der Waals surface area contributed by atoms with Crippen LogP contribution in [-0.2, 0) is 6.18 Å². The summed E-state index contributed by atoms with van der Waals surface area (Å²) >= 11 is 5.57. The number of anilines is 1. The van der Waals surface area contributed by atoms with Gasteiger partial charge in [0.2, 0.25) is 5.82 Å². The summed E-state index contributed by atoms with van der Waals surface area (Å²) in [4.78, 5) is 10.2. The van der Waals surface area contributed by atoms with Crippen molar-refractivity contribution in [2.24, 2.45) is 0 Å². The van der Waals surface area contributed by atoms with Crippen molar-refractivity contribution in [1.82, 2.24) is 14.9 Å². The van der Waals surface area contributed by atoms with E-state index in [1.165, 1.54) is 6.07 Å². The van der Waals surface area contributed by atoms with Gasteiger partial charge in [-0.3, -0.25) is 0 Å². The first-order chi connectivity index (χ1) is 8.20. The molecule has 0 aliphatic heterocycles. The highest BCUT2D eigenvalue weighted by atomic mass is 35.5. The van der Waals surface area contributed by atoms with E-state index in [4.69, 9.17) is 11.6 Å². The standard InChI is InChI=1S/C10H14ClF3N4/c1-17(2)4-5-18(3)8-6-7(11)15-9(16-8)10(12,13)14/h6H,4-5H2,1-3H3. The molecule has 0 saturated carbocycles. The van der Waals surface area contributed by atoms with Crippen molar-refractivity contribution in [3.05, 3.63) is 17.0 Å². The zero-order chi connectivity index (χ0) is 13.9. The molecule has 0 N–H and O–H groups in total. The second-order valence-electron chi connectivity index (χ2n) is 4.10. The van der Waals surface area contributed by atoms with Gasteiger partial charge in [0.1, 0.15) is 11.0 Å². The minimum Gasteiger partial charge on any atom is -0.358 e. The Kier molecular flexibility index (Phi) is 4.75. The largest absolute Gasteiger partial charge is 0.451 e. The van der Waals surface area contributed by atoms with Crippen LogP contribution in [-0.4, -0.2) is 49.1 Å². The van der Waals surface area contributed by atoms with Gasteiger partial charge in [-0.05, 0) is 14.1 Å². The maximum atomic E-state index is 12.5. The first-order valence-corrected chi connectivity index (χ1v) is 5.55. The van der Waals surface area contributed by atoms with Crippen LogP contribution in [0, 0.1) is 0 Å². The van der Waals surface area contributed by atoms with Gasteiger partial charge >= 0.3 is 6.18 Å². The molecular formula is C10H14ClF3N4. The van der Waals surface area contributed by atoms with Crippen LogP contribution in [0.3, 0.4) is 0 Å². The van der Waals surface area contributed by atoms with Gasteiger partial charge in [-0.15, -0.1) is 0 Å². The molecule has 8 heteroatoms. The minimum atomic E-state index is -4.60. The quantitative estimate of drug-likeness (QED) is 0.792. The molecule has 0 spiro atoms. The summed E-state index contributed by atoms with van der Waals surface area (Å²) < 4.78 is 37.5. The molecule has 0 aromatic carbocycles. The van der Waals surface area contributed by atoms with Gasteiger partial charge in [-0.2, -0.15) is 13.2 Å². The highest BCUT2D eigenvalue weighted by molar-refractivity contribution is 6.29. The molecule has 1 aromatic rings. The lowest BCUT2D eigenvalue weighted by molar-refractivity contribution is -0.144. The van der Waals surface area contributed by atoms with Crippen molar-refractivity contribution >= 4 is 17.4 Å². The fraction of sp³-hybridized carbons (Fsp3) is 0.600. The zero-order valence-electron chi connectivity index (χ0n) is 10.3. The summed E-state index contributed by atoms with van der Waals surface area (Å²) in [6.45, 7) is 1.23. The first-order valence-electron chi connectivity index (χ1n) is 5.18. The SMILES string of the molecule is CN(C)CCN(C)c1cc(Cl)nc(C(F)(F)F)n1. The van der Waals surface area contributed by atoms with Crippen LogP contribution in [0.5, 0.6) is 0 Å². The summed E-state index contributed by atoms with van der Waals surface area (Å²) in [5.41, 5.74) is 0. The van der Waals surface area contributed by atoms with Crippen LogP contribution in [0.25, 0.3) is 0 Å². The molecule has 0 aliphatic carbocycles. The second kappa shape index (κ2) is 5.71. The average molecular weight is 283 g/mol. The van der Waals surface area contributed by atoms with Crippen LogP contribution in [0.1, 0.15) is 5.82 Å². The van der Waals surface area contributed by atoms with Crippen LogP contribution >= 0.6 is 11.6 Å². The van der Waals surface area contributed by atoms with Gasteiger partial charge in [-0.1, -0.05) is 11.6 Å². The number of hydrogen-bond donors (Lipinski definition) is 0. The molecule has 0 fully saturated rings. The number of rotatable bonds is 4. The molecule has 0 atom stereocenters. The van der Waals surface area contributed by atoms with E-state index in [2.05, 4.69) is 9.97 Å². The second-order valence-corrected chi connectivity index (χ2v) is 4.48. The maximum Gasteiger partial charge on any atom is 0.451 e. The van der Waals surface area contributed by atoms with E-state index in [9.17, 15) is 13.2 Å². The fourth-order valence-corrected chi connectivity index (χ4v) is 1.37. The number of nitrogens with zero attached hydrogens (tertiary/aromatic N) is 4. The van der Waals surface area contributed by atoms with Gasteiger partial charge < -0.3 is 9.80 Å². The summed E-state index contributed by atoms with van der Waals surface area (Å²) in [6, 6.07) is 1.31. The van der Waals surface area contributed by atoms with Gasteiger partial charge in [0.15, 0.2) is 0 Å². The fourth-order valence-electron chi connectivity index (χ4n) is 1.19. The van der Waals surface area contributed by atoms with E-state index in [1.807, 2.05) is 19.0 Å². The molecule has 1 heterocycles. The van der Waals surface area contributed by atoms with E-state index in [1.54, 1.807) is 11.9 Å². The number of aromatic nitrogens is 2. The predicted molar refractivity (Wildman–Crippen MR) is 63.9 cm³/mol. The Morgan fingerprint density at radius 2 is 1.78 bits per heavy atom. The summed E-state index contributed by atoms with van der Waals surface area (Å²) in [7, 11) is 5.41. The molecule has 1 aromatic heterocycles. The number of halogens is 4. The van der Waals surface area contributed by atoms with Crippen molar-refractivity contribution in [2.75, 3.05) is 39.1 Å². The Balaban J connectivity index is 2.92. The lowest BCUT2D eigenvalue weighted by atomic mass is 10.4. The smallest absolute Gasteiger partial charge is 0.358 e. The Hall–Kier alpha value is -1.08. The van der Waals surface area contributed by atoms with E-state index >= 15 is 0 Å². The van der Waals surface area contributed by atoms with E-state index in [-0.39, 0.29) is 11.0 Å². The van der Waals surface area contributed by atoms with E-state index in [0.717, 1.165) is 0 Å². The van der Waals surface area contributed by atoms with Crippen molar-refractivity contribution in [2.45, 2.75) is 6.18 Å². The molecule has 0 radical (unpaired) electrons. The predicted octanol–water partition coefficient (Wildman–Crippen LogP) is 2.15. The number of likely N-dealkylation sites (N-methyl/N-ethyl adjacent to an activating group) is 2. The zero-order valence-corrected chi connectivity index (χ0v) is 11.0. The molecule has 0 bridgehead atoms. The Labute approximate surface area is 108 Å². The van der Waals surface area contributed by atoms with Crippen LogP contribution in [0.2, 0.25) is 5.15 Å². The van der Waals surface area contributed by atoms with Crippen molar-refractivity contribution in [1.29, 1.82) is 0 Å². The van der Waals surface area contributed by atoms with Crippen molar-refractivity contribution in [3.63, 3.8) is 0 Å². The molecule has 18 heavy (non-hydrogen) atoms. The lowest BCUT2D eigenvalue weighted by Gasteiger charge is -2.21. The summed E-state index contributed by atoms with van der Waals surface area (Å²) in [5.74, 6) is -1.06. The van der Waals surface area contributed by atoms with Gasteiger partial charge in [0, 0.05) is 26.2 Å². The van der Waals surface area contributed by atoms with E-state index < -0.39 is 12.0 Å². The first kappa shape index (κ1) is 15.0. The van der Waals surface area contributed by atoms with Crippen molar-refractivity contribution in [3.8, 4) is 0 Å². The normalized spacial score (nSPS) is 12.0. The molecule has 0 saturated heterocycles. The Bertz CT molecular complexity index is 409. The molecule has 4 nitrogen and oxygen atoms in total.